The first-order valence-corrected chi connectivity index (χ1v) is 11.4. The predicted octanol–water partition coefficient (Wildman–Crippen LogP) is 3.90. The van der Waals surface area contributed by atoms with Crippen molar-refractivity contribution >= 4 is 28.9 Å². The van der Waals surface area contributed by atoms with Crippen LogP contribution in [0.1, 0.15) is 45.1 Å². The van der Waals surface area contributed by atoms with E-state index in [1.54, 1.807) is 17.3 Å². The topological polar surface area (TPSA) is 114 Å². The summed E-state index contributed by atoms with van der Waals surface area (Å²) in [6, 6.07) is 9.67. The van der Waals surface area contributed by atoms with E-state index in [1.807, 2.05) is 48.1 Å². The van der Waals surface area contributed by atoms with Crippen LogP contribution in [-0.2, 0) is 4.79 Å². The van der Waals surface area contributed by atoms with Crippen molar-refractivity contribution in [3.63, 3.8) is 0 Å². The first-order chi connectivity index (χ1) is 16.3. The first kappa shape index (κ1) is 22.0. The van der Waals surface area contributed by atoms with Gasteiger partial charge in [-0.05, 0) is 49.6 Å². The lowest BCUT2D eigenvalue weighted by Gasteiger charge is -2.36. The molecule has 174 valence electrons. The summed E-state index contributed by atoms with van der Waals surface area (Å²) in [5, 5.41) is 7.59. The summed E-state index contributed by atoms with van der Waals surface area (Å²) in [7, 11) is 0. The van der Waals surface area contributed by atoms with Gasteiger partial charge in [-0.1, -0.05) is 13.8 Å². The number of amides is 1. The molecule has 9 nitrogen and oxygen atoms in total. The van der Waals surface area contributed by atoms with Crippen molar-refractivity contribution < 1.29 is 4.79 Å². The second-order valence-corrected chi connectivity index (χ2v) is 9.42. The Balaban J connectivity index is 1.34. The molecule has 1 aliphatic heterocycles. The van der Waals surface area contributed by atoms with Crippen LogP contribution in [0.5, 0.6) is 0 Å². The number of aromatic nitrogens is 5. The van der Waals surface area contributed by atoms with Gasteiger partial charge in [0.05, 0.1) is 29.3 Å². The fourth-order valence-electron chi connectivity index (χ4n) is 4.21. The number of nitrogens with zero attached hydrogens (tertiary/aromatic N) is 6. The normalized spacial score (nSPS) is 18.6. The molecule has 0 aliphatic carbocycles. The Hall–Kier alpha value is -3.85. The van der Waals surface area contributed by atoms with Crippen LogP contribution in [0.25, 0.3) is 16.8 Å². The third kappa shape index (κ3) is 4.34. The summed E-state index contributed by atoms with van der Waals surface area (Å²) < 4.78 is 1.88. The fraction of sp³-hybridized carbons (Fsp3) is 0.320. The molecule has 0 radical (unpaired) electrons. The molecule has 1 amide bonds. The van der Waals surface area contributed by atoms with Gasteiger partial charge in [-0.25, -0.2) is 19.5 Å². The van der Waals surface area contributed by atoms with Crippen molar-refractivity contribution in [2.24, 2.45) is 5.73 Å². The van der Waals surface area contributed by atoms with Crippen molar-refractivity contribution in [2.45, 2.75) is 45.1 Å². The molecular formula is C25H28N8O. The number of hydrogen-bond acceptors (Lipinski definition) is 7. The molecule has 1 aliphatic rings. The lowest BCUT2D eigenvalue weighted by Crippen LogP contribution is -2.51. The van der Waals surface area contributed by atoms with Crippen molar-refractivity contribution in [3.8, 4) is 11.3 Å². The summed E-state index contributed by atoms with van der Waals surface area (Å²) in [6.45, 7) is 6.82. The Bertz CT molecular complexity index is 1340. The minimum Gasteiger partial charge on any atom is -0.325 e. The Morgan fingerprint density at radius 1 is 1.15 bits per heavy atom. The molecule has 9 heteroatoms. The molecule has 1 atom stereocenters. The number of carbonyl (C=O) groups excluding carboxylic acids is 1. The quantitative estimate of drug-likeness (QED) is 0.468. The van der Waals surface area contributed by atoms with E-state index < -0.39 is 5.54 Å². The van der Waals surface area contributed by atoms with Crippen molar-refractivity contribution in [3.05, 3.63) is 60.7 Å². The number of nitrogens with two attached hydrogens (primary N) is 1. The van der Waals surface area contributed by atoms with Gasteiger partial charge in [0.15, 0.2) is 0 Å². The largest absolute Gasteiger partial charge is 0.325 e. The van der Waals surface area contributed by atoms with E-state index in [0.717, 1.165) is 28.9 Å². The zero-order valence-corrected chi connectivity index (χ0v) is 19.6. The van der Waals surface area contributed by atoms with Crippen LogP contribution in [0.3, 0.4) is 0 Å². The van der Waals surface area contributed by atoms with Crippen LogP contribution in [0, 0.1) is 0 Å². The molecule has 0 spiro atoms. The van der Waals surface area contributed by atoms with Gasteiger partial charge in [0.25, 0.3) is 0 Å². The second kappa shape index (κ2) is 8.49. The third-order valence-corrected chi connectivity index (χ3v) is 6.19. The van der Waals surface area contributed by atoms with Gasteiger partial charge in [0.2, 0.25) is 11.9 Å². The number of piperidine rings is 1. The molecule has 0 bridgehead atoms. The minimum absolute atomic E-state index is 0.0190. The van der Waals surface area contributed by atoms with Gasteiger partial charge < -0.3 is 16.0 Å². The standard InChI is InChI=1S/C25H28N8O/c1-16(2)19-15-29-33-10-7-17(12-21(19)33)20-6-9-27-24(30-20)31-22-5-4-18(14-28-22)32-11-8-25(3,26)13-23(32)34/h4-7,9-10,12,14-16H,8,11,13,26H2,1-3H3,(H,27,28,30,31). The van der Waals surface area contributed by atoms with Gasteiger partial charge in [0, 0.05) is 42.0 Å². The number of pyridine rings is 2. The molecule has 5 rings (SSSR count). The summed E-state index contributed by atoms with van der Waals surface area (Å²) in [4.78, 5) is 27.7. The molecular weight excluding hydrogens is 428 g/mol. The van der Waals surface area contributed by atoms with Crippen molar-refractivity contribution in [1.82, 2.24) is 24.6 Å². The SMILES string of the molecule is CC(C)c1cnn2ccc(-c3ccnc(Nc4ccc(N5CCC(C)(N)CC5=O)cn4)n3)cc12. The van der Waals surface area contributed by atoms with Crippen LogP contribution in [-0.4, -0.2) is 42.6 Å². The molecule has 0 saturated carbocycles. The van der Waals surface area contributed by atoms with E-state index in [1.165, 1.54) is 5.56 Å². The van der Waals surface area contributed by atoms with Crippen LogP contribution in [0.4, 0.5) is 17.5 Å². The molecule has 4 aromatic rings. The van der Waals surface area contributed by atoms with Gasteiger partial charge in [0.1, 0.15) is 5.82 Å². The molecule has 34 heavy (non-hydrogen) atoms. The molecule has 1 saturated heterocycles. The van der Waals surface area contributed by atoms with Crippen LogP contribution in [0.15, 0.2) is 55.1 Å². The van der Waals surface area contributed by atoms with Crippen molar-refractivity contribution in [1.29, 1.82) is 0 Å². The highest BCUT2D eigenvalue weighted by molar-refractivity contribution is 5.94. The molecule has 1 fully saturated rings. The van der Waals surface area contributed by atoms with E-state index in [-0.39, 0.29) is 5.91 Å². The van der Waals surface area contributed by atoms with Gasteiger partial charge in [-0.3, -0.25) is 4.79 Å². The zero-order valence-electron chi connectivity index (χ0n) is 19.6. The average molecular weight is 457 g/mol. The van der Waals surface area contributed by atoms with E-state index in [0.29, 0.717) is 30.6 Å². The molecule has 5 heterocycles. The number of anilines is 3. The maximum absolute atomic E-state index is 12.5. The summed E-state index contributed by atoms with van der Waals surface area (Å²) in [5.74, 6) is 1.44. The highest BCUT2D eigenvalue weighted by atomic mass is 16.2. The van der Waals surface area contributed by atoms with Crippen LogP contribution < -0.4 is 16.0 Å². The van der Waals surface area contributed by atoms with Crippen LogP contribution in [0.2, 0.25) is 0 Å². The van der Waals surface area contributed by atoms with E-state index in [9.17, 15) is 4.79 Å². The maximum Gasteiger partial charge on any atom is 0.228 e. The van der Waals surface area contributed by atoms with E-state index in [2.05, 4.69) is 45.3 Å². The van der Waals surface area contributed by atoms with E-state index in [4.69, 9.17) is 5.73 Å². The Morgan fingerprint density at radius 3 is 2.74 bits per heavy atom. The molecule has 4 aromatic heterocycles. The number of fused-ring (bicyclic) bond motifs is 1. The number of carbonyl (C=O) groups is 1. The van der Waals surface area contributed by atoms with Gasteiger partial charge in [-0.2, -0.15) is 5.10 Å². The van der Waals surface area contributed by atoms with E-state index >= 15 is 0 Å². The molecule has 0 aromatic carbocycles. The number of rotatable bonds is 5. The average Bonchev–Trinajstić information content (AvgIpc) is 3.23. The lowest BCUT2D eigenvalue weighted by atomic mass is 9.90. The fourth-order valence-corrected chi connectivity index (χ4v) is 4.21. The number of nitrogens with one attached hydrogen (secondary N) is 1. The summed E-state index contributed by atoms with van der Waals surface area (Å²) >= 11 is 0. The van der Waals surface area contributed by atoms with Gasteiger partial charge in [-0.15, -0.1) is 0 Å². The summed E-state index contributed by atoms with van der Waals surface area (Å²) in [5.41, 5.74) is 10.5. The number of hydrogen-bond donors (Lipinski definition) is 2. The maximum atomic E-state index is 12.5. The molecule has 1 unspecified atom stereocenters. The monoisotopic (exact) mass is 456 g/mol. The minimum atomic E-state index is -0.441. The lowest BCUT2D eigenvalue weighted by molar-refractivity contribution is -0.120. The molecule has 3 N–H and O–H groups in total. The van der Waals surface area contributed by atoms with Gasteiger partial charge >= 0.3 is 0 Å². The van der Waals surface area contributed by atoms with Crippen LogP contribution >= 0.6 is 0 Å². The third-order valence-electron chi connectivity index (χ3n) is 6.19. The first-order valence-electron chi connectivity index (χ1n) is 11.4. The summed E-state index contributed by atoms with van der Waals surface area (Å²) in [6.07, 6.45) is 8.35. The highest BCUT2D eigenvalue weighted by Gasteiger charge is 2.32. The zero-order chi connectivity index (χ0) is 23.9. The Kier molecular flexibility index (Phi) is 5.49. The Morgan fingerprint density at radius 2 is 2.00 bits per heavy atom. The Labute approximate surface area is 198 Å². The predicted molar refractivity (Wildman–Crippen MR) is 132 cm³/mol. The second-order valence-electron chi connectivity index (χ2n) is 9.42. The smallest absolute Gasteiger partial charge is 0.228 e. The van der Waals surface area contributed by atoms with Crippen molar-refractivity contribution in [2.75, 3.05) is 16.8 Å². The highest BCUT2D eigenvalue weighted by Crippen LogP contribution is 2.27.